The molecule has 1 aromatic carbocycles. The maximum Gasteiger partial charge on any atom is 0.251 e. The standard InChI is InChI=1S/C32H39FN4O3/c1-20(2)11-29(37-17-24(9-10-30(37)39)16-36-18-27(33)19-36)32(40)35-28(12-23(5)38)25-13-26(15-34-14-25)31-21(3)7-6-8-22(31)4/h6-10,13-15,17,20,27-29H,11-12,16,18-19H2,1-5H3,(H,35,40)/t28-,29+/m0/s1. The molecule has 0 spiro atoms. The van der Waals surface area contributed by atoms with Crippen LogP contribution in [0.25, 0.3) is 11.1 Å². The average molecular weight is 547 g/mol. The van der Waals surface area contributed by atoms with E-state index >= 15 is 0 Å². The summed E-state index contributed by atoms with van der Waals surface area (Å²) in [7, 11) is 0. The zero-order valence-electron chi connectivity index (χ0n) is 24.0. The van der Waals surface area contributed by atoms with E-state index in [4.69, 9.17) is 0 Å². The summed E-state index contributed by atoms with van der Waals surface area (Å²) in [5.41, 5.74) is 5.52. The van der Waals surface area contributed by atoms with Gasteiger partial charge in [0.25, 0.3) is 5.56 Å². The van der Waals surface area contributed by atoms with Crippen molar-refractivity contribution in [3.63, 3.8) is 0 Å². The minimum absolute atomic E-state index is 0.0666. The van der Waals surface area contributed by atoms with Crippen molar-refractivity contribution in [1.82, 2.24) is 19.8 Å². The normalized spacial score (nSPS) is 15.5. The Balaban J connectivity index is 1.64. The second-order valence-corrected chi connectivity index (χ2v) is 11.5. The monoisotopic (exact) mass is 546 g/mol. The smallest absolute Gasteiger partial charge is 0.251 e. The molecule has 7 nitrogen and oxygen atoms in total. The van der Waals surface area contributed by atoms with Crippen LogP contribution in [0.5, 0.6) is 0 Å². The van der Waals surface area contributed by atoms with Crippen LogP contribution in [0, 0.1) is 19.8 Å². The first-order valence-electron chi connectivity index (χ1n) is 13.9. The van der Waals surface area contributed by atoms with Gasteiger partial charge < -0.3 is 9.88 Å². The number of nitrogens with one attached hydrogen (secondary N) is 1. The number of likely N-dealkylation sites (tertiary alicyclic amines) is 1. The molecule has 0 saturated carbocycles. The number of carbonyl (C=O) groups is 2. The first-order chi connectivity index (χ1) is 19.0. The van der Waals surface area contributed by atoms with Gasteiger partial charge in [-0.15, -0.1) is 0 Å². The molecule has 1 aliphatic heterocycles. The van der Waals surface area contributed by atoms with Crippen molar-refractivity contribution in [2.45, 2.75) is 72.3 Å². The number of Topliss-reactive ketones (excluding diaryl/α,β-unsaturated/α-hetero) is 1. The summed E-state index contributed by atoms with van der Waals surface area (Å²) >= 11 is 0. The van der Waals surface area contributed by atoms with E-state index in [9.17, 15) is 18.8 Å². The number of amides is 1. The first-order valence-corrected chi connectivity index (χ1v) is 13.9. The molecule has 8 heteroatoms. The minimum atomic E-state index is -0.814. The highest BCUT2D eigenvalue weighted by atomic mass is 19.1. The summed E-state index contributed by atoms with van der Waals surface area (Å²) in [6.07, 6.45) is 4.92. The van der Waals surface area contributed by atoms with Gasteiger partial charge in [-0.25, -0.2) is 4.39 Å². The third-order valence-corrected chi connectivity index (χ3v) is 7.39. The molecular weight excluding hydrogens is 507 g/mol. The molecule has 0 aliphatic carbocycles. The molecule has 212 valence electrons. The van der Waals surface area contributed by atoms with Crippen LogP contribution in [0.4, 0.5) is 4.39 Å². The Morgan fingerprint density at radius 2 is 1.80 bits per heavy atom. The number of benzene rings is 1. The molecule has 1 saturated heterocycles. The first kappa shape index (κ1) is 29.3. The average Bonchev–Trinajstić information content (AvgIpc) is 2.87. The van der Waals surface area contributed by atoms with Gasteiger partial charge in [0, 0.05) is 56.3 Å². The molecule has 3 heterocycles. The number of pyridine rings is 2. The Kier molecular flexibility index (Phi) is 9.30. The number of rotatable bonds is 11. The van der Waals surface area contributed by atoms with Crippen LogP contribution in [-0.2, 0) is 16.1 Å². The second kappa shape index (κ2) is 12.7. The van der Waals surface area contributed by atoms with Crippen LogP contribution in [0.1, 0.15) is 68.0 Å². The van der Waals surface area contributed by atoms with Gasteiger partial charge in [0.2, 0.25) is 5.91 Å². The van der Waals surface area contributed by atoms with Crippen molar-refractivity contribution >= 4 is 11.7 Å². The molecular formula is C32H39FN4O3. The number of aryl methyl sites for hydroxylation is 2. The Bertz CT molecular complexity index is 1410. The predicted molar refractivity (Wildman–Crippen MR) is 155 cm³/mol. The number of aromatic nitrogens is 2. The van der Waals surface area contributed by atoms with E-state index in [1.54, 1.807) is 24.7 Å². The van der Waals surface area contributed by atoms with Gasteiger partial charge in [0.15, 0.2) is 0 Å². The molecule has 0 unspecified atom stereocenters. The molecule has 0 radical (unpaired) electrons. The molecule has 3 aromatic rings. The molecule has 40 heavy (non-hydrogen) atoms. The predicted octanol–water partition coefficient (Wildman–Crippen LogP) is 5.10. The maximum atomic E-state index is 13.8. The van der Waals surface area contributed by atoms with E-state index in [2.05, 4.69) is 10.3 Å². The quantitative estimate of drug-likeness (QED) is 0.362. The SMILES string of the molecule is CC(=O)C[C@H](NC(=O)[C@@H](CC(C)C)n1cc(CN2CC(F)C2)ccc1=O)c1cncc(-c2c(C)cccc2C)c1. The highest BCUT2D eigenvalue weighted by Gasteiger charge is 2.29. The number of hydrogen-bond acceptors (Lipinski definition) is 5. The number of halogens is 1. The van der Waals surface area contributed by atoms with Crippen LogP contribution in [0.15, 0.2) is 59.8 Å². The number of nitrogens with zero attached hydrogens (tertiary/aromatic N) is 3. The molecule has 1 aliphatic rings. The maximum absolute atomic E-state index is 13.8. The molecule has 2 aromatic heterocycles. The van der Waals surface area contributed by atoms with Crippen molar-refractivity contribution in [2.24, 2.45) is 5.92 Å². The topological polar surface area (TPSA) is 84.3 Å². The number of hydrogen-bond donors (Lipinski definition) is 1. The van der Waals surface area contributed by atoms with Crippen LogP contribution in [0.2, 0.25) is 0 Å². The summed E-state index contributed by atoms with van der Waals surface area (Å²) in [6.45, 7) is 10.9. The Morgan fingerprint density at radius 1 is 1.10 bits per heavy atom. The van der Waals surface area contributed by atoms with Crippen molar-refractivity contribution < 1.29 is 14.0 Å². The molecule has 1 amide bonds. The number of carbonyl (C=O) groups excluding carboxylic acids is 2. The van der Waals surface area contributed by atoms with Crippen LogP contribution >= 0.6 is 0 Å². The largest absolute Gasteiger partial charge is 0.347 e. The van der Waals surface area contributed by atoms with Crippen molar-refractivity contribution in [2.75, 3.05) is 13.1 Å². The summed E-state index contributed by atoms with van der Waals surface area (Å²) in [6, 6.07) is 9.92. The minimum Gasteiger partial charge on any atom is -0.347 e. The van der Waals surface area contributed by atoms with E-state index < -0.39 is 18.3 Å². The summed E-state index contributed by atoms with van der Waals surface area (Å²) in [5, 5.41) is 3.07. The lowest BCUT2D eigenvalue weighted by atomic mass is 9.94. The van der Waals surface area contributed by atoms with Gasteiger partial charge in [-0.05, 0) is 67.0 Å². The van der Waals surface area contributed by atoms with Crippen molar-refractivity contribution in [3.8, 4) is 11.1 Å². The van der Waals surface area contributed by atoms with Crippen LogP contribution in [-0.4, -0.2) is 45.4 Å². The van der Waals surface area contributed by atoms with Gasteiger partial charge in [0.05, 0.1) is 6.04 Å². The fourth-order valence-corrected chi connectivity index (χ4v) is 5.44. The van der Waals surface area contributed by atoms with Gasteiger partial charge >= 0.3 is 0 Å². The molecule has 2 atom stereocenters. The fourth-order valence-electron chi connectivity index (χ4n) is 5.44. The Morgan fingerprint density at radius 3 is 2.42 bits per heavy atom. The van der Waals surface area contributed by atoms with Crippen LogP contribution in [0.3, 0.4) is 0 Å². The highest BCUT2D eigenvalue weighted by molar-refractivity contribution is 5.83. The Labute approximate surface area is 235 Å². The van der Waals surface area contributed by atoms with Gasteiger partial charge in [-0.1, -0.05) is 38.1 Å². The molecule has 4 rings (SSSR count). The second-order valence-electron chi connectivity index (χ2n) is 11.5. The lowest BCUT2D eigenvalue weighted by Crippen LogP contribution is -2.47. The van der Waals surface area contributed by atoms with E-state index in [0.29, 0.717) is 26.1 Å². The lowest BCUT2D eigenvalue weighted by Gasteiger charge is -2.34. The Hall–Kier alpha value is -3.65. The van der Waals surface area contributed by atoms with Gasteiger partial charge in [0.1, 0.15) is 18.0 Å². The van der Waals surface area contributed by atoms with Crippen molar-refractivity contribution in [1.29, 1.82) is 0 Å². The summed E-state index contributed by atoms with van der Waals surface area (Å²) in [5.74, 6) is -0.262. The summed E-state index contributed by atoms with van der Waals surface area (Å²) in [4.78, 5) is 45.5. The lowest BCUT2D eigenvalue weighted by molar-refractivity contribution is -0.126. The van der Waals surface area contributed by atoms with Crippen LogP contribution < -0.4 is 10.9 Å². The highest BCUT2D eigenvalue weighted by Crippen LogP contribution is 2.30. The van der Waals surface area contributed by atoms with E-state index in [0.717, 1.165) is 33.4 Å². The van der Waals surface area contributed by atoms with E-state index in [-0.39, 0.29) is 29.6 Å². The third kappa shape index (κ3) is 7.10. The molecule has 0 bridgehead atoms. The molecule has 1 N–H and O–H groups in total. The van der Waals surface area contributed by atoms with Crippen molar-refractivity contribution in [3.05, 3.63) is 87.6 Å². The number of ketones is 1. The zero-order chi connectivity index (χ0) is 29.0. The van der Waals surface area contributed by atoms with Gasteiger partial charge in [-0.2, -0.15) is 0 Å². The third-order valence-electron chi connectivity index (χ3n) is 7.39. The zero-order valence-corrected chi connectivity index (χ0v) is 24.0. The summed E-state index contributed by atoms with van der Waals surface area (Å²) < 4.78 is 14.8. The number of alkyl halides is 1. The van der Waals surface area contributed by atoms with Gasteiger partial charge in [-0.3, -0.25) is 24.3 Å². The van der Waals surface area contributed by atoms with E-state index in [1.807, 2.05) is 56.9 Å². The molecule has 1 fully saturated rings. The van der Waals surface area contributed by atoms with E-state index in [1.165, 1.54) is 17.6 Å². The fraction of sp³-hybridized carbons (Fsp3) is 0.438.